The highest BCUT2D eigenvalue weighted by atomic mass is 32.1. The molecule has 2 rings (SSSR count). The van der Waals surface area contributed by atoms with Gasteiger partial charge < -0.3 is 10.5 Å². The molecule has 2 N–H and O–H groups in total. The number of nitrogen functional groups attached to an aromatic ring is 1. The Bertz CT molecular complexity index is 514. The normalized spacial score (nSPS) is 11.9. The number of hydrogen-bond donors (Lipinski definition) is 1. The standard InChI is InChI=1S/C13H18N2OS/c1-13(2,3)6-7-16-9-4-5-10-12(11(9)14)15-8-17-10/h4-5,8H,6-7,14H2,1-3H3. The highest BCUT2D eigenvalue weighted by molar-refractivity contribution is 7.16. The number of aromatic nitrogens is 1. The van der Waals surface area contributed by atoms with E-state index in [1.165, 1.54) is 0 Å². The molecule has 17 heavy (non-hydrogen) atoms. The first-order valence-electron chi connectivity index (χ1n) is 5.72. The predicted octanol–water partition coefficient (Wildman–Crippen LogP) is 3.69. The number of fused-ring (bicyclic) bond motifs is 1. The third kappa shape index (κ3) is 2.88. The van der Waals surface area contributed by atoms with E-state index in [1.807, 2.05) is 12.1 Å². The fourth-order valence-corrected chi connectivity index (χ4v) is 2.22. The summed E-state index contributed by atoms with van der Waals surface area (Å²) in [6.07, 6.45) is 1.00. The molecule has 1 aromatic heterocycles. The van der Waals surface area contributed by atoms with Gasteiger partial charge in [-0.3, -0.25) is 0 Å². The van der Waals surface area contributed by atoms with Gasteiger partial charge in [-0.25, -0.2) is 4.98 Å². The van der Waals surface area contributed by atoms with Gasteiger partial charge in [-0.15, -0.1) is 11.3 Å². The SMILES string of the molecule is CC(C)(C)CCOc1ccc2scnc2c1N. The summed E-state index contributed by atoms with van der Waals surface area (Å²) in [5, 5.41) is 0. The molecule has 0 saturated carbocycles. The van der Waals surface area contributed by atoms with Gasteiger partial charge in [0.05, 0.1) is 16.8 Å². The summed E-state index contributed by atoms with van der Waals surface area (Å²) in [6.45, 7) is 7.28. The van der Waals surface area contributed by atoms with Crippen LogP contribution >= 0.6 is 11.3 Å². The van der Waals surface area contributed by atoms with E-state index >= 15 is 0 Å². The van der Waals surface area contributed by atoms with Crippen molar-refractivity contribution >= 4 is 27.2 Å². The number of nitrogens with two attached hydrogens (primary N) is 1. The zero-order chi connectivity index (χ0) is 12.5. The molecule has 0 amide bonds. The van der Waals surface area contributed by atoms with Crippen molar-refractivity contribution in [2.24, 2.45) is 5.41 Å². The lowest BCUT2D eigenvalue weighted by Gasteiger charge is -2.18. The molecule has 0 fully saturated rings. The van der Waals surface area contributed by atoms with Crippen LogP contribution in [0.25, 0.3) is 10.2 Å². The molecule has 0 radical (unpaired) electrons. The molecular weight excluding hydrogens is 232 g/mol. The van der Waals surface area contributed by atoms with Gasteiger partial charge in [0.15, 0.2) is 0 Å². The van der Waals surface area contributed by atoms with Gasteiger partial charge in [-0.2, -0.15) is 0 Å². The fourth-order valence-electron chi connectivity index (χ4n) is 1.53. The highest BCUT2D eigenvalue weighted by Gasteiger charge is 2.12. The number of rotatable bonds is 3. The molecule has 3 nitrogen and oxygen atoms in total. The minimum atomic E-state index is 0.277. The van der Waals surface area contributed by atoms with Crippen molar-refractivity contribution in [3.8, 4) is 5.75 Å². The van der Waals surface area contributed by atoms with E-state index in [4.69, 9.17) is 10.5 Å². The molecular formula is C13H18N2OS. The Kier molecular flexibility index (Phi) is 3.24. The molecule has 0 spiro atoms. The van der Waals surface area contributed by atoms with Crippen LogP contribution in [0, 0.1) is 5.41 Å². The van der Waals surface area contributed by atoms with E-state index in [0.717, 1.165) is 22.4 Å². The molecule has 0 atom stereocenters. The van der Waals surface area contributed by atoms with Gasteiger partial charge in [-0.1, -0.05) is 20.8 Å². The maximum absolute atomic E-state index is 6.03. The van der Waals surface area contributed by atoms with Crippen LogP contribution in [-0.2, 0) is 0 Å². The lowest BCUT2D eigenvalue weighted by molar-refractivity contribution is 0.244. The zero-order valence-electron chi connectivity index (χ0n) is 10.5. The Labute approximate surface area is 106 Å². The first-order chi connectivity index (χ1) is 7.97. The molecule has 0 aliphatic carbocycles. The van der Waals surface area contributed by atoms with Crippen molar-refractivity contribution in [1.82, 2.24) is 4.98 Å². The number of thiazole rings is 1. The molecule has 1 heterocycles. The third-order valence-corrected chi connectivity index (χ3v) is 3.41. The smallest absolute Gasteiger partial charge is 0.144 e. The summed E-state index contributed by atoms with van der Waals surface area (Å²) in [5.74, 6) is 0.743. The Morgan fingerprint density at radius 2 is 2.12 bits per heavy atom. The highest BCUT2D eigenvalue weighted by Crippen LogP contribution is 2.32. The van der Waals surface area contributed by atoms with Crippen LogP contribution < -0.4 is 10.5 Å². The van der Waals surface area contributed by atoms with E-state index in [9.17, 15) is 0 Å². The lowest BCUT2D eigenvalue weighted by Crippen LogP contribution is -2.11. The van der Waals surface area contributed by atoms with Crippen LogP contribution in [0.1, 0.15) is 27.2 Å². The number of benzene rings is 1. The van der Waals surface area contributed by atoms with E-state index in [1.54, 1.807) is 16.8 Å². The van der Waals surface area contributed by atoms with Crippen LogP contribution in [0.15, 0.2) is 17.6 Å². The summed E-state index contributed by atoms with van der Waals surface area (Å²) in [4.78, 5) is 4.25. The number of ether oxygens (including phenoxy) is 1. The van der Waals surface area contributed by atoms with Crippen molar-refractivity contribution in [2.45, 2.75) is 27.2 Å². The van der Waals surface area contributed by atoms with E-state index in [0.29, 0.717) is 12.3 Å². The zero-order valence-corrected chi connectivity index (χ0v) is 11.3. The average molecular weight is 250 g/mol. The minimum Gasteiger partial charge on any atom is -0.491 e. The average Bonchev–Trinajstić information content (AvgIpc) is 2.68. The van der Waals surface area contributed by atoms with Crippen molar-refractivity contribution in [2.75, 3.05) is 12.3 Å². The predicted molar refractivity (Wildman–Crippen MR) is 73.6 cm³/mol. The van der Waals surface area contributed by atoms with E-state index in [-0.39, 0.29) is 5.41 Å². The second-order valence-corrected chi connectivity index (χ2v) is 6.22. The fraction of sp³-hybridized carbons (Fsp3) is 0.462. The first kappa shape index (κ1) is 12.2. The van der Waals surface area contributed by atoms with Crippen LogP contribution in [0.5, 0.6) is 5.75 Å². The van der Waals surface area contributed by atoms with Gasteiger partial charge >= 0.3 is 0 Å². The summed E-state index contributed by atoms with van der Waals surface area (Å²) in [7, 11) is 0. The van der Waals surface area contributed by atoms with E-state index < -0.39 is 0 Å². The number of nitrogens with zero attached hydrogens (tertiary/aromatic N) is 1. The largest absolute Gasteiger partial charge is 0.491 e. The summed E-state index contributed by atoms with van der Waals surface area (Å²) in [5.41, 5.74) is 9.62. The van der Waals surface area contributed by atoms with Crippen LogP contribution in [0.2, 0.25) is 0 Å². The lowest BCUT2D eigenvalue weighted by atomic mass is 9.93. The Morgan fingerprint density at radius 1 is 1.35 bits per heavy atom. The minimum absolute atomic E-state index is 0.277. The van der Waals surface area contributed by atoms with Crippen LogP contribution in [-0.4, -0.2) is 11.6 Å². The third-order valence-electron chi connectivity index (χ3n) is 2.61. The first-order valence-corrected chi connectivity index (χ1v) is 6.60. The van der Waals surface area contributed by atoms with Gasteiger partial charge in [0, 0.05) is 0 Å². The van der Waals surface area contributed by atoms with Gasteiger partial charge in [0.1, 0.15) is 17.0 Å². The molecule has 0 bridgehead atoms. The molecule has 2 aromatic rings. The molecule has 0 unspecified atom stereocenters. The molecule has 1 aromatic carbocycles. The van der Waals surface area contributed by atoms with Gasteiger partial charge in [-0.05, 0) is 24.0 Å². The topological polar surface area (TPSA) is 48.1 Å². The monoisotopic (exact) mass is 250 g/mol. The Balaban J connectivity index is 2.11. The maximum atomic E-state index is 6.03. The van der Waals surface area contributed by atoms with Gasteiger partial charge in [0.2, 0.25) is 0 Å². The second-order valence-electron chi connectivity index (χ2n) is 5.34. The van der Waals surface area contributed by atoms with Crippen molar-refractivity contribution < 1.29 is 4.74 Å². The second kappa shape index (κ2) is 4.53. The van der Waals surface area contributed by atoms with Crippen LogP contribution in [0.4, 0.5) is 5.69 Å². The summed E-state index contributed by atoms with van der Waals surface area (Å²) < 4.78 is 6.83. The molecule has 0 saturated heterocycles. The molecule has 0 aliphatic rings. The molecule has 0 aliphatic heterocycles. The Hall–Kier alpha value is -1.29. The summed E-state index contributed by atoms with van der Waals surface area (Å²) in [6, 6.07) is 3.94. The van der Waals surface area contributed by atoms with Crippen molar-refractivity contribution in [3.05, 3.63) is 17.6 Å². The number of hydrogen-bond acceptors (Lipinski definition) is 4. The summed E-state index contributed by atoms with van der Waals surface area (Å²) >= 11 is 1.59. The molecule has 92 valence electrons. The Morgan fingerprint density at radius 3 is 2.82 bits per heavy atom. The van der Waals surface area contributed by atoms with Gasteiger partial charge in [0.25, 0.3) is 0 Å². The van der Waals surface area contributed by atoms with Crippen molar-refractivity contribution in [1.29, 1.82) is 0 Å². The van der Waals surface area contributed by atoms with E-state index in [2.05, 4.69) is 25.8 Å². The molecule has 4 heteroatoms. The maximum Gasteiger partial charge on any atom is 0.144 e. The quantitative estimate of drug-likeness (QED) is 0.845. The van der Waals surface area contributed by atoms with Crippen LogP contribution in [0.3, 0.4) is 0 Å². The number of anilines is 1. The van der Waals surface area contributed by atoms with Crippen molar-refractivity contribution in [3.63, 3.8) is 0 Å².